The molecule has 4 rings (SSSR count). The van der Waals surface area contributed by atoms with Gasteiger partial charge in [-0.1, -0.05) is 18.2 Å². The first kappa shape index (κ1) is 20.1. The Morgan fingerprint density at radius 1 is 1.10 bits per heavy atom. The topological polar surface area (TPSA) is 94.4 Å². The Morgan fingerprint density at radius 3 is 2.48 bits per heavy atom. The van der Waals surface area contributed by atoms with Gasteiger partial charge in [-0.15, -0.1) is 0 Å². The van der Waals surface area contributed by atoms with E-state index in [1.807, 2.05) is 42.6 Å². The molecule has 156 valence electrons. The van der Waals surface area contributed by atoms with Gasteiger partial charge in [-0.3, -0.25) is 14.9 Å². The Kier molecular flexibility index (Phi) is 5.61. The summed E-state index contributed by atoms with van der Waals surface area (Å²) in [7, 11) is 1.72. The number of hydrogen-bond acceptors (Lipinski definition) is 5. The van der Waals surface area contributed by atoms with Gasteiger partial charge in [-0.25, -0.2) is 4.68 Å². The maximum Gasteiger partial charge on any atom is 0.269 e. The van der Waals surface area contributed by atoms with Crippen LogP contribution < -0.4 is 0 Å². The highest BCUT2D eigenvalue weighted by Crippen LogP contribution is 2.26. The van der Waals surface area contributed by atoms with Crippen molar-refractivity contribution in [2.45, 2.75) is 13.0 Å². The van der Waals surface area contributed by atoms with Gasteiger partial charge >= 0.3 is 0 Å². The lowest BCUT2D eigenvalue weighted by Crippen LogP contribution is -2.27. The number of rotatable bonds is 7. The molecule has 4 aromatic rings. The molecule has 2 heterocycles. The summed E-state index contributed by atoms with van der Waals surface area (Å²) in [6, 6.07) is 19.3. The van der Waals surface area contributed by atoms with Gasteiger partial charge in [0.15, 0.2) is 0 Å². The molecule has 2 aromatic carbocycles. The van der Waals surface area contributed by atoms with Crippen LogP contribution in [0.4, 0.5) is 5.69 Å². The van der Waals surface area contributed by atoms with Crippen molar-refractivity contribution in [2.75, 3.05) is 7.05 Å². The Labute approximate surface area is 178 Å². The summed E-state index contributed by atoms with van der Waals surface area (Å²) >= 11 is 0. The van der Waals surface area contributed by atoms with Crippen LogP contribution in [0.2, 0.25) is 0 Å². The molecule has 0 aliphatic carbocycles. The molecule has 0 aliphatic rings. The Balaban J connectivity index is 1.65. The molecule has 8 heteroatoms. The molecule has 0 N–H and O–H groups in total. The van der Waals surface area contributed by atoms with Crippen molar-refractivity contribution in [3.05, 3.63) is 101 Å². The molecular formula is C23H20N4O4. The first-order valence-electron chi connectivity index (χ1n) is 9.66. The van der Waals surface area contributed by atoms with Gasteiger partial charge in [-0.2, -0.15) is 5.10 Å². The number of amides is 1. The fourth-order valence-electron chi connectivity index (χ4n) is 3.26. The smallest absolute Gasteiger partial charge is 0.269 e. The number of non-ortho nitro benzene ring substituents is 1. The second kappa shape index (κ2) is 8.66. The monoisotopic (exact) mass is 416 g/mol. The van der Waals surface area contributed by atoms with E-state index in [4.69, 9.17) is 4.42 Å². The van der Waals surface area contributed by atoms with E-state index in [9.17, 15) is 14.9 Å². The molecule has 1 amide bonds. The molecule has 0 saturated heterocycles. The number of nitro groups is 1. The fourth-order valence-corrected chi connectivity index (χ4v) is 3.26. The van der Waals surface area contributed by atoms with Crippen molar-refractivity contribution in [3.63, 3.8) is 0 Å². The molecule has 0 bridgehead atoms. The van der Waals surface area contributed by atoms with Gasteiger partial charge in [0, 0.05) is 36.5 Å². The van der Waals surface area contributed by atoms with E-state index in [1.54, 1.807) is 41.1 Å². The van der Waals surface area contributed by atoms with Crippen molar-refractivity contribution in [1.82, 2.24) is 14.7 Å². The first-order chi connectivity index (χ1) is 15.0. The summed E-state index contributed by atoms with van der Waals surface area (Å²) in [5.74, 6) is 0.610. The van der Waals surface area contributed by atoms with Crippen LogP contribution in [0, 0.1) is 10.1 Å². The average molecular weight is 416 g/mol. The SMILES string of the molecule is CN(Cc1ccco1)C(=O)Cc1cn(-c2ccccc2)nc1-c1ccc([N+](=O)[O-])cc1. The molecule has 31 heavy (non-hydrogen) atoms. The lowest BCUT2D eigenvalue weighted by Gasteiger charge is -2.15. The number of benzene rings is 2. The summed E-state index contributed by atoms with van der Waals surface area (Å²) in [6.45, 7) is 0.367. The van der Waals surface area contributed by atoms with E-state index in [0.29, 0.717) is 23.6 Å². The van der Waals surface area contributed by atoms with Crippen molar-refractivity contribution in [1.29, 1.82) is 0 Å². The molecule has 2 aromatic heterocycles. The predicted molar refractivity (Wildman–Crippen MR) is 115 cm³/mol. The number of furan rings is 1. The van der Waals surface area contributed by atoms with Crippen LogP contribution in [-0.4, -0.2) is 32.6 Å². The van der Waals surface area contributed by atoms with Crippen LogP contribution in [0.1, 0.15) is 11.3 Å². The molecule has 0 fully saturated rings. The zero-order valence-electron chi connectivity index (χ0n) is 16.8. The zero-order valence-corrected chi connectivity index (χ0v) is 16.8. The number of nitrogens with zero attached hydrogens (tertiary/aromatic N) is 4. The van der Waals surface area contributed by atoms with Gasteiger partial charge in [-0.05, 0) is 36.4 Å². The summed E-state index contributed by atoms with van der Waals surface area (Å²) in [5.41, 5.74) is 2.90. The maximum atomic E-state index is 12.9. The minimum Gasteiger partial charge on any atom is -0.467 e. The van der Waals surface area contributed by atoms with E-state index >= 15 is 0 Å². The standard InChI is InChI=1S/C23H20N4O4/c1-25(16-21-8-5-13-31-21)22(28)14-18-15-26(19-6-3-2-4-7-19)24-23(18)17-9-11-20(12-10-17)27(29)30/h2-13,15H,14,16H2,1H3. The minimum absolute atomic E-state index is 0.00190. The third-order valence-corrected chi connectivity index (χ3v) is 4.90. The number of carbonyl (C=O) groups is 1. The second-order valence-corrected chi connectivity index (χ2v) is 7.09. The molecule has 0 radical (unpaired) electrons. The lowest BCUT2D eigenvalue weighted by atomic mass is 10.1. The van der Waals surface area contributed by atoms with E-state index in [-0.39, 0.29) is 18.0 Å². The summed E-state index contributed by atoms with van der Waals surface area (Å²) in [5, 5.41) is 15.7. The normalized spacial score (nSPS) is 10.7. The van der Waals surface area contributed by atoms with Gasteiger partial charge < -0.3 is 9.32 Å². The molecule has 0 unspecified atom stereocenters. The summed E-state index contributed by atoms with van der Waals surface area (Å²) < 4.78 is 7.04. The first-order valence-corrected chi connectivity index (χ1v) is 9.66. The van der Waals surface area contributed by atoms with Crippen LogP contribution in [0.15, 0.2) is 83.6 Å². The van der Waals surface area contributed by atoms with Crippen molar-refractivity contribution < 1.29 is 14.1 Å². The highest BCUT2D eigenvalue weighted by Gasteiger charge is 2.19. The van der Waals surface area contributed by atoms with Gasteiger partial charge in [0.25, 0.3) is 5.69 Å². The average Bonchev–Trinajstić information content (AvgIpc) is 3.44. The molecule has 0 aliphatic heterocycles. The Bertz CT molecular complexity index is 1180. The summed E-state index contributed by atoms with van der Waals surface area (Å²) in [4.78, 5) is 25.0. The Morgan fingerprint density at radius 2 is 1.84 bits per heavy atom. The number of likely N-dealkylation sites (N-methyl/N-ethyl adjacent to an activating group) is 1. The number of para-hydroxylation sites is 1. The van der Waals surface area contributed by atoms with Gasteiger partial charge in [0.1, 0.15) is 5.76 Å². The van der Waals surface area contributed by atoms with E-state index in [2.05, 4.69) is 5.10 Å². The van der Waals surface area contributed by atoms with Crippen molar-refractivity contribution in [3.8, 4) is 16.9 Å². The fraction of sp³-hybridized carbons (Fsp3) is 0.130. The predicted octanol–water partition coefficient (Wildman–Crippen LogP) is 4.24. The minimum atomic E-state index is -0.444. The van der Waals surface area contributed by atoms with E-state index in [0.717, 1.165) is 11.3 Å². The van der Waals surface area contributed by atoms with Gasteiger partial charge in [0.05, 0.1) is 35.5 Å². The molecule has 8 nitrogen and oxygen atoms in total. The van der Waals surface area contributed by atoms with Crippen molar-refractivity contribution in [2.24, 2.45) is 0 Å². The maximum absolute atomic E-state index is 12.9. The highest BCUT2D eigenvalue weighted by atomic mass is 16.6. The largest absolute Gasteiger partial charge is 0.467 e. The van der Waals surface area contributed by atoms with Crippen LogP contribution in [0.5, 0.6) is 0 Å². The number of aromatic nitrogens is 2. The lowest BCUT2D eigenvalue weighted by molar-refractivity contribution is -0.384. The third kappa shape index (κ3) is 4.53. The van der Waals surface area contributed by atoms with E-state index in [1.165, 1.54) is 12.1 Å². The van der Waals surface area contributed by atoms with Crippen LogP contribution >= 0.6 is 0 Å². The second-order valence-electron chi connectivity index (χ2n) is 7.09. The molecule has 0 atom stereocenters. The molecular weight excluding hydrogens is 396 g/mol. The highest BCUT2D eigenvalue weighted by molar-refractivity contribution is 5.81. The number of nitro benzene ring substituents is 1. The van der Waals surface area contributed by atoms with Crippen LogP contribution in [-0.2, 0) is 17.8 Å². The van der Waals surface area contributed by atoms with Crippen LogP contribution in [0.25, 0.3) is 16.9 Å². The van der Waals surface area contributed by atoms with Gasteiger partial charge in [0.2, 0.25) is 5.91 Å². The van der Waals surface area contributed by atoms with Crippen LogP contribution in [0.3, 0.4) is 0 Å². The summed E-state index contributed by atoms with van der Waals surface area (Å²) in [6.07, 6.45) is 3.53. The third-order valence-electron chi connectivity index (χ3n) is 4.90. The Hall–Kier alpha value is -4.20. The number of hydrogen-bond donors (Lipinski definition) is 0. The van der Waals surface area contributed by atoms with Crippen molar-refractivity contribution >= 4 is 11.6 Å². The molecule has 0 spiro atoms. The molecule has 0 saturated carbocycles. The zero-order chi connectivity index (χ0) is 21.8. The quantitative estimate of drug-likeness (QED) is 0.332. The number of carbonyl (C=O) groups excluding carboxylic acids is 1. The van der Waals surface area contributed by atoms with E-state index < -0.39 is 4.92 Å².